The number of aromatic amines is 1. The van der Waals surface area contributed by atoms with E-state index in [0.29, 0.717) is 10.8 Å². The van der Waals surface area contributed by atoms with Crippen molar-refractivity contribution in [1.82, 2.24) is 4.98 Å². The molecule has 140 valence electrons. The number of hydrogen-bond donors (Lipinski definition) is 1. The van der Waals surface area contributed by atoms with Crippen LogP contribution < -0.4 is 4.74 Å². The van der Waals surface area contributed by atoms with E-state index in [4.69, 9.17) is 16.3 Å². The molecule has 1 aromatic heterocycles. The van der Waals surface area contributed by atoms with Gasteiger partial charge in [0.2, 0.25) is 0 Å². The monoisotopic (exact) mass is 396 g/mol. The zero-order valence-corrected chi connectivity index (χ0v) is 14.6. The lowest BCUT2D eigenvalue weighted by molar-refractivity contribution is -0.383. The number of ether oxygens (including phenoxy) is 1. The Morgan fingerprint density at radius 2 is 1.59 bits per heavy atom. The van der Waals surface area contributed by atoms with E-state index in [0.717, 1.165) is 0 Å². The van der Waals surface area contributed by atoms with Gasteiger partial charge in [-0.1, -0.05) is 35.9 Å². The van der Waals surface area contributed by atoms with Gasteiger partial charge in [-0.05, 0) is 29.8 Å². The second-order valence-electron chi connectivity index (χ2n) is 5.59. The van der Waals surface area contributed by atoms with Crippen LogP contribution in [-0.2, 0) is 6.18 Å². The number of rotatable bonds is 4. The van der Waals surface area contributed by atoms with Crippen molar-refractivity contribution >= 4 is 17.3 Å². The molecule has 1 heterocycles. The van der Waals surface area contributed by atoms with E-state index >= 15 is 0 Å². The molecule has 0 spiro atoms. The van der Waals surface area contributed by atoms with Gasteiger partial charge in [0.1, 0.15) is 17.1 Å². The summed E-state index contributed by atoms with van der Waals surface area (Å²) in [7, 11) is 1.41. The normalized spacial score (nSPS) is 11.4. The highest BCUT2D eigenvalue weighted by molar-refractivity contribution is 6.30. The first kappa shape index (κ1) is 18.8. The number of aromatic nitrogens is 1. The van der Waals surface area contributed by atoms with E-state index in [9.17, 15) is 23.3 Å². The Balaban J connectivity index is 2.32. The molecule has 0 aliphatic heterocycles. The van der Waals surface area contributed by atoms with Crippen molar-refractivity contribution in [1.29, 1.82) is 0 Å². The number of nitro groups is 1. The van der Waals surface area contributed by atoms with Crippen molar-refractivity contribution < 1.29 is 22.8 Å². The predicted octanol–water partition coefficient (Wildman–Crippen LogP) is 5.94. The molecule has 0 aliphatic carbocycles. The van der Waals surface area contributed by atoms with Crippen molar-refractivity contribution in [2.75, 3.05) is 7.11 Å². The first-order chi connectivity index (χ1) is 12.7. The van der Waals surface area contributed by atoms with E-state index in [-0.39, 0.29) is 16.8 Å². The maximum atomic E-state index is 13.6. The van der Waals surface area contributed by atoms with E-state index in [1.54, 1.807) is 0 Å². The molecular weight excluding hydrogens is 385 g/mol. The average molecular weight is 397 g/mol. The molecule has 5 nitrogen and oxygen atoms in total. The Labute approximate surface area is 156 Å². The largest absolute Gasteiger partial charge is 0.497 e. The zero-order valence-electron chi connectivity index (χ0n) is 13.8. The smallest absolute Gasteiger partial charge is 0.432 e. The van der Waals surface area contributed by atoms with Gasteiger partial charge in [-0.3, -0.25) is 10.1 Å². The Kier molecular flexibility index (Phi) is 4.84. The minimum absolute atomic E-state index is 0.0475. The Morgan fingerprint density at radius 1 is 1.04 bits per heavy atom. The summed E-state index contributed by atoms with van der Waals surface area (Å²) >= 11 is 5.80. The van der Waals surface area contributed by atoms with Crippen LogP contribution in [0.5, 0.6) is 5.75 Å². The standard InChI is InChI=1S/C18H12ClF3N2O3/c1-27-13-8-4-10(5-9-13)14-16(24(25)26)15(23-17(14)18(20,21)22)11-2-6-12(19)7-3-11/h2-9,23H,1H3. The summed E-state index contributed by atoms with van der Waals surface area (Å²) in [5.41, 5.74) is -2.35. The highest BCUT2D eigenvalue weighted by atomic mass is 35.5. The van der Waals surface area contributed by atoms with Crippen molar-refractivity contribution in [3.05, 3.63) is 69.4 Å². The predicted molar refractivity (Wildman–Crippen MR) is 94.9 cm³/mol. The number of alkyl halides is 3. The van der Waals surface area contributed by atoms with Crippen LogP contribution in [-0.4, -0.2) is 17.0 Å². The van der Waals surface area contributed by atoms with E-state index < -0.39 is 28.0 Å². The third kappa shape index (κ3) is 3.61. The number of nitrogens with one attached hydrogen (secondary N) is 1. The van der Waals surface area contributed by atoms with Gasteiger partial charge in [0.15, 0.2) is 0 Å². The molecule has 9 heteroatoms. The van der Waals surface area contributed by atoms with Gasteiger partial charge < -0.3 is 9.72 Å². The summed E-state index contributed by atoms with van der Waals surface area (Å²) in [6.07, 6.45) is -4.81. The van der Waals surface area contributed by atoms with Gasteiger partial charge in [0, 0.05) is 10.6 Å². The molecule has 0 saturated carbocycles. The maximum Gasteiger partial charge on any atom is 0.432 e. The van der Waals surface area contributed by atoms with Gasteiger partial charge >= 0.3 is 11.9 Å². The van der Waals surface area contributed by atoms with Crippen molar-refractivity contribution in [2.45, 2.75) is 6.18 Å². The second-order valence-corrected chi connectivity index (χ2v) is 6.03. The van der Waals surface area contributed by atoms with Gasteiger partial charge in [0.25, 0.3) is 0 Å². The Bertz CT molecular complexity index is 981. The lowest BCUT2D eigenvalue weighted by atomic mass is 10.0. The third-order valence-electron chi connectivity index (χ3n) is 3.95. The van der Waals surface area contributed by atoms with Gasteiger partial charge in [0.05, 0.1) is 17.6 Å². The Morgan fingerprint density at radius 3 is 2.07 bits per heavy atom. The molecule has 0 bridgehead atoms. The zero-order chi connectivity index (χ0) is 19.8. The summed E-state index contributed by atoms with van der Waals surface area (Å²) in [4.78, 5) is 13.1. The van der Waals surface area contributed by atoms with Crippen molar-refractivity contribution in [3.8, 4) is 28.1 Å². The lowest BCUT2D eigenvalue weighted by Gasteiger charge is -2.08. The first-order valence-electron chi connectivity index (χ1n) is 7.60. The molecule has 0 radical (unpaired) electrons. The summed E-state index contributed by atoms with van der Waals surface area (Å²) in [5, 5.41) is 12.0. The first-order valence-corrected chi connectivity index (χ1v) is 7.98. The molecule has 0 fully saturated rings. The van der Waals surface area contributed by atoms with Crippen LogP contribution >= 0.6 is 11.6 Å². The highest BCUT2D eigenvalue weighted by Gasteiger charge is 2.42. The van der Waals surface area contributed by atoms with Crippen molar-refractivity contribution in [3.63, 3.8) is 0 Å². The second kappa shape index (κ2) is 6.96. The molecule has 0 aliphatic rings. The highest BCUT2D eigenvalue weighted by Crippen LogP contribution is 2.47. The van der Waals surface area contributed by atoms with Crippen molar-refractivity contribution in [2.24, 2.45) is 0 Å². The SMILES string of the molecule is COc1ccc(-c2c(C(F)(F)F)[nH]c(-c3ccc(Cl)cc3)c2[N+](=O)[O-])cc1. The quantitative estimate of drug-likeness (QED) is 0.438. The van der Waals surface area contributed by atoms with Crippen LogP contribution in [0.1, 0.15) is 5.69 Å². The number of benzene rings is 2. The van der Waals surface area contributed by atoms with Crippen LogP contribution in [0.15, 0.2) is 48.5 Å². The fourth-order valence-corrected chi connectivity index (χ4v) is 2.88. The summed E-state index contributed by atoms with van der Waals surface area (Å²) in [5.74, 6) is 0.420. The molecular formula is C18H12ClF3N2O3. The molecule has 0 saturated heterocycles. The minimum Gasteiger partial charge on any atom is -0.497 e. The summed E-state index contributed by atoms with van der Waals surface area (Å²) < 4.78 is 45.8. The third-order valence-corrected chi connectivity index (χ3v) is 4.20. The van der Waals surface area contributed by atoms with Gasteiger partial charge in [-0.25, -0.2) is 0 Å². The van der Waals surface area contributed by atoms with Gasteiger partial charge in [-0.15, -0.1) is 0 Å². The van der Waals surface area contributed by atoms with E-state index in [2.05, 4.69) is 4.98 Å². The number of methoxy groups -OCH3 is 1. The molecule has 0 amide bonds. The molecule has 0 unspecified atom stereocenters. The molecule has 27 heavy (non-hydrogen) atoms. The number of H-pyrrole nitrogens is 1. The molecule has 3 rings (SSSR count). The van der Waals surface area contributed by atoms with Crippen LogP contribution in [0.3, 0.4) is 0 Å². The molecule has 2 aromatic carbocycles. The molecule has 0 atom stereocenters. The summed E-state index contributed by atoms with van der Waals surface area (Å²) in [6, 6.07) is 11.3. The van der Waals surface area contributed by atoms with Crippen LogP contribution in [0.2, 0.25) is 5.02 Å². The maximum absolute atomic E-state index is 13.6. The number of nitrogens with zero attached hydrogens (tertiary/aromatic N) is 1. The van der Waals surface area contributed by atoms with E-state index in [1.807, 2.05) is 0 Å². The number of halogens is 4. The van der Waals surface area contributed by atoms with Gasteiger partial charge in [-0.2, -0.15) is 13.2 Å². The van der Waals surface area contributed by atoms with Crippen LogP contribution in [0, 0.1) is 10.1 Å². The van der Waals surface area contributed by atoms with E-state index in [1.165, 1.54) is 55.6 Å². The Hall–Kier alpha value is -3.00. The fraction of sp³-hybridized carbons (Fsp3) is 0.111. The molecule has 1 N–H and O–H groups in total. The molecule has 3 aromatic rings. The fourth-order valence-electron chi connectivity index (χ4n) is 2.75. The average Bonchev–Trinajstić information content (AvgIpc) is 3.03. The van der Waals surface area contributed by atoms with Crippen LogP contribution in [0.4, 0.5) is 18.9 Å². The van der Waals surface area contributed by atoms with Crippen LogP contribution in [0.25, 0.3) is 22.4 Å². The summed E-state index contributed by atoms with van der Waals surface area (Å²) in [6.45, 7) is 0. The topological polar surface area (TPSA) is 68.2 Å². The number of hydrogen-bond acceptors (Lipinski definition) is 3. The lowest BCUT2D eigenvalue weighted by Crippen LogP contribution is -2.07. The minimum atomic E-state index is -4.81.